The minimum absolute atomic E-state index is 0.382. The van der Waals surface area contributed by atoms with Gasteiger partial charge in [-0.25, -0.2) is 4.98 Å². The molecule has 0 aliphatic carbocycles. The average Bonchev–Trinajstić information content (AvgIpc) is 2.62. The molecule has 0 fully saturated rings. The van der Waals surface area contributed by atoms with Crippen molar-refractivity contribution in [2.45, 2.75) is 26.5 Å². The standard InChI is InChI=1S/C9H16N2OS/c1-4-12-6-9-11-5-8(13-9)7(2)10-3/h5,7,10H,4,6H2,1-3H3. The van der Waals surface area contributed by atoms with Gasteiger partial charge in [0, 0.05) is 23.7 Å². The van der Waals surface area contributed by atoms with Gasteiger partial charge >= 0.3 is 0 Å². The molecule has 1 N–H and O–H groups in total. The van der Waals surface area contributed by atoms with Crippen molar-refractivity contribution in [3.05, 3.63) is 16.1 Å². The van der Waals surface area contributed by atoms with Crippen LogP contribution < -0.4 is 5.32 Å². The molecule has 0 saturated carbocycles. The van der Waals surface area contributed by atoms with Gasteiger partial charge in [-0.3, -0.25) is 0 Å². The lowest BCUT2D eigenvalue weighted by atomic mass is 10.3. The Morgan fingerprint density at radius 1 is 1.69 bits per heavy atom. The second-order valence-electron chi connectivity index (χ2n) is 2.80. The summed E-state index contributed by atoms with van der Waals surface area (Å²) >= 11 is 1.71. The molecule has 1 heterocycles. The molecule has 0 aliphatic rings. The summed E-state index contributed by atoms with van der Waals surface area (Å²) in [5.74, 6) is 0. The van der Waals surface area contributed by atoms with E-state index in [-0.39, 0.29) is 0 Å². The number of thiazole rings is 1. The SMILES string of the molecule is CCOCc1ncc(C(C)NC)s1. The summed E-state index contributed by atoms with van der Waals surface area (Å²) in [4.78, 5) is 5.54. The molecule has 1 rings (SSSR count). The lowest BCUT2D eigenvalue weighted by Gasteiger charge is -2.04. The van der Waals surface area contributed by atoms with E-state index < -0.39 is 0 Å². The van der Waals surface area contributed by atoms with Crippen molar-refractivity contribution in [1.29, 1.82) is 0 Å². The highest BCUT2D eigenvalue weighted by Crippen LogP contribution is 2.20. The second kappa shape index (κ2) is 5.32. The number of aromatic nitrogens is 1. The zero-order chi connectivity index (χ0) is 9.68. The lowest BCUT2D eigenvalue weighted by Crippen LogP contribution is -2.10. The van der Waals surface area contributed by atoms with Gasteiger partial charge in [0.2, 0.25) is 0 Å². The third kappa shape index (κ3) is 3.06. The second-order valence-corrected chi connectivity index (χ2v) is 3.95. The first-order chi connectivity index (χ1) is 6.27. The Bertz CT molecular complexity index is 250. The molecule has 0 spiro atoms. The average molecular weight is 200 g/mol. The van der Waals surface area contributed by atoms with Crippen LogP contribution in [0.1, 0.15) is 29.8 Å². The van der Waals surface area contributed by atoms with Crippen LogP contribution in [0.25, 0.3) is 0 Å². The van der Waals surface area contributed by atoms with E-state index >= 15 is 0 Å². The van der Waals surface area contributed by atoms with Crippen LogP contribution in [0.5, 0.6) is 0 Å². The van der Waals surface area contributed by atoms with Crippen molar-refractivity contribution in [2.75, 3.05) is 13.7 Å². The maximum Gasteiger partial charge on any atom is 0.119 e. The highest BCUT2D eigenvalue weighted by molar-refractivity contribution is 7.11. The maximum atomic E-state index is 5.27. The summed E-state index contributed by atoms with van der Waals surface area (Å²) in [5.41, 5.74) is 0. The number of rotatable bonds is 5. The Balaban J connectivity index is 2.53. The zero-order valence-electron chi connectivity index (χ0n) is 8.33. The van der Waals surface area contributed by atoms with E-state index in [1.54, 1.807) is 11.3 Å². The normalized spacial score (nSPS) is 13.2. The molecule has 1 atom stereocenters. The van der Waals surface area contributed by atoms with Crippen molar-refractivity contribution in [2.24, 2.45) is 0 Å². The fourth-order valence-corrected chi connectivity index (χ4v) is 1.84. The first kappa shape index (κ1) is 10.6. The summed E-state index contributed by atoms with van der Waals surface area (Å²) in [6.45, 7) is 5.50. The molecule has 74 valence electrons. The Morgan fingerprint density at radius 2 is 2.46 bits per heavy atom. The predicted molar refractivity (Wildman–Crippen MR) is 54.9 cm³/mol. The van der Waals surface area contributed by atoms with Crippen LogP contribution >= 0.6 is 11.3 Å². The number of hydrogen-bond donors (Lipinski definition) is 1. The molecule has 1 unspecified atom stereocenters. The Kier molecular flexibility index (Phi) is 4.35. The van der Waals surface area contributed by atoms with Crippen LogP contribution in [0.15, 0.2) is 6.20 Å². The summed E-state index contributed by atoms with van der Waals surface area (Å²) in [7, 11) is 1.95. The quantitative estimate of drug-likeness (QED) is 0.789. The van der Waals surface area contributed by atoms with Crippen LogP contribution in [-0.4, -0.2) is 18.6 Å². The van der Waals surface area contributed by atoms with E-state index in [1.807, 2.05) is 20.2 Å². The molecular weight excluding hydrogens is 184 g/mol. The van der Waals surface area contributed by atoms with Gasteiger partial charge < -0.3 is 10.1 Å². The number of nitrogens with one attached hydrogen (secondary N) is 1. The van der Waals surface area contributed by atoms with Crippen molar-refractivity contribution >= 4 is 11.3 Å². The van der Waals surface area contributed by atoms with E-state index in [0.717, 1.165) is 11.6 Å². The van der Waals surface area contributed by atoms with Gasteiger partial charge in [-0.1, -0.05) is 0 Å². The van der Waals surface area contributed by atoms with Crippen LogP contribution in [0.3, 0.4) is 0 Å². The minimum Gasteiger partial charge on any atom is -0.375 e. The monoisotopic (exact) mass is 200 g/mol. The largest absolute Gasteiger partial charge is 0.375 e. The van der Waals surface area contributed by atoms with Crippen molar-refractivity contribution < 1.29 is 4.74 Å². The van der Waals surface area contributed by atoms with Gasteiger partial charge in [-0.15, -0.1) is 11.3 Å². The third-order valence-electron chi connectivity index (χ3n) is 1.86. The van der Waals surface area contributed by atoms with Gasteiger partial charge in [-0.05, 0) is 20.9 Å². The first-order valence-corrected chi connectivity index (χ1v) is 5.29. The molecule has 1 aromatic heterocycles. The molecule has 0 bridgehead atoms. The van der Waals surface area contributed by atoms with Gasteiger partial charge in [0.25, 0.3) is 0 Å². The van der Waals surface area contributed by atoms with Gasteiger partial charge in [0.1, 0.15) is 5.01 Å². The van der Waals surface area contributed by atoms with Crippen LogP contribution in [0.2, 0.25) is 0 Å². The molecule has 0 amide bonds. The molecular formula is C9H16N2OS. The predicted octanol–water partition coefficient (Wildman–Crippen LogP) is 1.96. The van der Waals surface area contributed by atoms with E-state index in [4.69, 9.17) is 4.74 Å². The molecule has 0 aromatic carbocycles. The number of ether oxygens (including phenoxy) is 1. The Hall–Kier alpha value is -0.450. The highest BCUT2D eigenvalue weighted by atomic mass is 32.1. The third-order valence-corrected chi connectivity index (χ3v) is 3.01. The van der Waals surface area contributed by atoms with Crippen LogP contribution in [-0.2, 0) is 11.3 Å². The topological polar surface area (TPSA) is 34.1 Å². The van der Waals surface area contributed by atoms with E-state index in [9.17, 15) is 0 Å². The van der Waals surface area contributed by atoms with Gasteiger partial charge in [0.15, 0.2) is 0 Å². The summed E-state index contributed by atoms with van der Waals surface area (Å²) in [6.07, 6.45) is 1.92. The first-order valence-electron chi connectivity index (χ1n) is 4.47. The molecule has 0 aliphatic heterocycles. The molecule has 3 nitrogen and oxygen atoms in total. The molecule has 1 aromatic rings. The van der Waals surface area contributed by atoms with Crippen molar-refractivity contribution in [3.8, 4) is 0 Å². The highest BCUT2D eigenvalue weighted by Gasteiger charge is 2.07. The van der Waals surface area contributed by atoms with E-state index in [2.05, 4.69) is 17.2 Å². The summed E-state index contributed by atoms with van der Waals surface area (Å²) < 4.78 is 5.27. The molecule has 0 radical (unpaired) electrons. The van der Waals surface area contributed by atoms with Gasteiger partial charge in [-0.2, -0.15) is 0 Å². The Morgan fingerprint density at radius 3 is 3.08 bits per heavy atom. The fourth-order valence-electron chi connectivity index (χ4n) is 0.923. The summed E-state index contributed by atoms with van der Waals surface area (Å²) in [5, 5.41) is 4.23. The molecule has 13 heavy (non-hydrogen) atoms. The Labute approximate surface area is 83.1 Å². The van der Waals surface area contributed by atoms with E-state index in [0.29, 0.717) is 12.6 Å². The lowest BCUT2D eigenvalue weighted by molar-refractivity contribution is 0.134. The van der Waals surface area contributed by atoms with Crippen LogP contribution in [0.4, 0.5) is 0 Å². The summed E-state index contributed by atoms with van der Waals surface area (Å²) in [6, 6.07) is 0.382. The van der Waals surface area contributed by atoms with Crippen molar-refractivity contribution in [3.63, 3.8) is 0 Å². The van der Waals surface area contributed by atoms with Crippen molar-refractivity contribution in [1.82, 2.24) is 10.3 Å². The molecule has 4 heteroatoms. The van der Waals surface area contributed by atoms with Gasteiger partial charge in [0.05, 0.1) is 6.61 Å². The number of nitrogens with zero attached hydrogens (tertiary/aromatic N) is 1. The number of hydrogen-bond acceptors (Lipinski definition) is 4. The zero-order valence-corrected chi connectivity index (χ0v) is 9.15. The minimum atomic E-state index is 0.382. The maximum absolute atomic E-state index is 5.27. The molecule has 0 saturated heterocycles. The fraction of sp³-hybridized carbons (Fsp3) is 0.667. The van der Waals surface area contributed by atoms with E-state index in [1.165, 1.54) is 4.88 Å². The smallest absolute Gasteiger partial charge is 0.119 e. The van der Waals surface area contributed by atoms with Crippen LogP contribution in [0, 0.1) is 0 Å².